The van der Waals surface area contributed by atoms with Crippen molar-refractivity contribution in [2.45, 2.75) is 45.1 Å². The standard InChI is InChI=1S/C13H19ClN2O/c1-9-11(13(14)16(2)15-9)12(17)10-7-5-3-4-6-8-10/h7,12,17H,3-6,8H2,1-2H3. The molecule has 1 N–H and O–H groups in total. The number of hydrogen-bond donors (Lipinski definition) is 1. The minimum Gasteiger partial charge on any atom is -0.384 e. The van der Waals surface area contributed by atoms with E-state index >= 15 is 0 Å². The normalized spacial score (nSPS) is 18.7. The Kier molecular flexibility index (Phi) is 3.89. The maximum absolute atomic E-state index is 10.4. The number of hydrogen-bond acceptors (Lipinski definition) is 2. The minimum atomic E-state index is -0.589. The second-order valence-corrected chi connectivity index (χ2v) is 5.05. The lowest BCUT2D eigenvalue weighted by Crippen LogP contribution is -2.03. The maximum atomic E-state index is 10.4. The molecular formula is C13H19ClN2O. The van der Waals surface area contributed by atoms with E-state index in [2.05, 4.69) is 11.2 Å². The molecule has 0 radical (unpaired) electrons. The van der Waals surface area contributed by atoms with Crippen LogP contribution in [0.1, 0.15) is 49.5 Å². The van der Waals surface area contributed by atoms with Crippen molar-refractivity contribution in [2.75, 3.05) is 0 Å². The highest BCUT2D eigenvalue weighted by Gasteiger charge is 2.22. The number of halogens is 1. The number of allylic oxidation sites excluding steroid dienone is 1. The molecule has 94 valence electrons. The van der Waals surface area contributed by atoms with E-state index < -0.39 is 6.10 Å². The van der Waals surface area contributed by atoms with Crippen LogP contribution in [-0.4, -0.2) is 14.9 Å². The molecule has 0 fully saturated rings. The summed E-state index contributed by atoms with van der Waals surface area (Å²) in [7, 11) is 1.80. The summed E-state index contributed by atoms with van der Waals surface area (Å²) in [5.74, 6) is 0. The zero-order valence-corrected chi connectivity index (χ0v) is 11.2. The Bertz CT molecular complexity index is 437. The summed E-state index contributed by atoms with van der Waals surface area (Å²) in [4.78, 5) is 0. The van der Waals surface area contributed by atoms with Crippen LogP contribution in [0.5, 0.6) is 0 Å². The summed E-state index contributed by atoms with van der Waals surface area (Å²) in [6, 6.07) is 0. The van der Waals surface area contributed by atoms with Crippen molar-refractivity contribution in [2.24, 2.45) is 7.05 Å². The van der Waals surface area contributed by atoms with Crippen LogP contribution in [0, 0.1) is 6.92 Å². The van der Waals surface area contributed by atoms with Gasteiger partial charge in [0.1, 0.15) is 11.3 Å². The predicted octanol–water partition coefficient (Wildman–Crippen LogP) is 3.31. The average Bonchev–Trinajstić information content (AvgIpc) is 2.52. The third-order valence-corrected chi connectivity index (χ3v) is 3.85. The predicted molar refractivity (Wildman–Crippen MR) is 69.1 cm³/mol. The molecule has 3 nitrogen and oxygen atoms in total. The fraction of sp³-hybridized carbons (Fsp3) is 0.615. The first kappa shape index (κ1) is 12.7. The fourth-order valence-corrected chi connectivity index (χ4v) is 2.71. The van der Waals surface area contributed by atoms with Gasteiger partial charge < -0.3 is 5.11 Å². The Hall–Kier alpha value is -0.800. The number of aromatic nitrogens is 2. The molecule has 1 heterocycles. The number of nitrogens with zero attached hydrogens (tertiary/aromatic N) is 2. The molecule has 1 aliphatic carbocycles. The third kappa shape index (κ3) is 2.55. The summed E-state index contributed by atoms with van der Waals surface area (Å²) < 4.78 is 1.62. The second kappa shape index (κ2) is 5.23. The molecule has 1 aliphatic rings. The van der Waals surface area contributed by atoms with Crippen LogP contribution in [0.15, 0.2) is 11.6 Å². The van der Waals surface area contributed by atoms with Gasteiger partial charge in [-0.1, -0.05) is 24.1 Å². The van der Waals surface area contributed by atoms with Crippen molar-refractivity contribution in [3.8, 4) is 0 Å². The Morgan fingerprint density at radius 1 is 1.41 bits per heavy atom. The Morgan fingerprint density at radius 3 is 2.82 bits per heavy atom. The maximum Gasteiger partial charge on any atom is 0.133 e. The second-order valence-electron chi connectivity index (χ2n) is 4.69. The van der Waals surface area contributed by atoms with Crippen LogP contribution in [0.2, 0.25) is 5.15 Å². The SMILES string of the molecule is Cc1nn(C)c(Cl)c1C(O)C1=CCCCCC1. The van der Waals surface area contributed by atoms with Gasteiger partial charge in [0.2, 0.25) is 0 Å². The van der Waals surface area contributed by atoms with E-state index in [4.69, 9.17) is 11.6 Å². The fourth-order valence-electron chi connectivity index (χ4n) is 2.43. The van der Waals surface area contributed by atoms with Gasteiger partial charge in [0.25, 0.3) is 0 Å². The van der Waals surface area contributed by atoms with E-state index in [1.165, 1.54) is 12.8 Å². The molecule has 0 aromatic carbocycles. The molecule has 1 aromatic rings. The van der Waals surface area contributed by atoms with E-state index in [0.717, 1.165) is 36.1 Å². The summed E-state index contributed by atoms with van der Waals surface area (Å²) >= 11 is 6.18. The van der Waals surface area contributed by atoms with Gasteiger partial charge >= 0.3 is 0 Å². The van der Waals surface area contributed by atoms with Crippen LogP contribution in [0.3, 0.4) is 0 Å². The Labute approximate surface area is 107 Å². The molecule has 0 spiro atoms. The average molecular weight is 255 g/mol. The van der Waals surface area contributed by atoms with E-state index in [-0.39, 0.29) is 0 Å². The van der Waals surface area contributed by atoms with Gasteiger partial charge in [0.15, 0.2) is 0 Å². The van der Waals surface area contributed by atoms with Crippen LogP contribution >= 0.6 is 11.6 Å². The molecule has 1 atom stereocenters. The molecule has 0 amide bonds. The zero-order valence-electron chi connectivity index (χ0n) is 10.4. The number of aliphatic hydroxyl groups is 1. The van der Waals surface area contributed by atoms with Crippen molar-refractivity contribution in [1.82, 2.24) is 9.78 Å². The zero-order chi connectivity index (χ0) is 12.4. The first-order valence-electron chi connectivity index (χ1n) is 6.17. The van der Waals surface area contributed by atoms with Gasteiger partial charge in [-0.15, -0.1) is 0 Å². The lowest BCUT2D eigenvalue weighted by Gasteiger charge is -2.14. The van der Waals surface area contributed by atoms with Gasteiger partial charge in [-0.3, -0.25) is 4.68 Å². The smallest absolute Gasteiger partial charge is 0.133 e. The lowest BCUT2D eigenvalue weighted by atomic mass is 9.98. The quantitative estimate of drug-likeness (QED) is 0.823. The number of aryl methyl sites for hydroxylation is 2. The minimum absolute atomic E-state index is 0.542. The van der Waals surface area contributed by atoms with Crippen LogP contribution in [0.25, 0.3) is 0 Å². The summed E-state index contributed by atoms with van der Waals surface area (Å²) in [6.07, 6.45) is 7.21. The van der Waals surface area contributed by atoms with Crippen molar-refractivity contribution < 1.29 is 5.11 Å². The molecule has 1 aromatic heterocycles. The number of aliphatic hydroxyl groups excluding tert-OH is 1. The molecule has 2 rings (SSSR count). The molecule has 4 heteroatoms. The molecule has 0 bridgehead atoms. The van der Waals surface area contributed by atoms with Gasteiger partial charge in [0.05, 0.1) is 5.69 Å². The molecule has 17 heavy (non-hydrogen) atoms. The van der Waals surface area contributed by atoms with Crippen LogP contribution < -0.4 is 0 Å². The van der Waals surface area contributed by atoms with E-state index in [1.54, 1.807) is 11.7 Å². The Morgan fingerprint density at radius 2 is 2.18 bits per heavy atom. The molecular weight excluding hydrogens is 236 g/mol. The first-order chi connectivity index (χ1) is 8.11. The summed E-state index contributed by atoms with van der Waals surface area (Å²) in [5, 5.41) is 15.2. The molecule has 1 unspecified atom stereocenters. The van der Waals surface area contributed by atoms with E-state index in [1.807, 2.05) is 6.92 Å². The monoisotopic (exact) mass is 254 g/mol. The van der Waals surface area contributed by atoms with Crippen molar-refractivity contribution in [3.05, 3.63) is 28.1 Å². The van der Waals surface area contributed by atoms with Gasteiger partial charge in [0, 0.05) is 12.6 Å². The largest absolute Gasteiger partial charge is 0.384 e. The molecule has 0 saturated carbocycles. The highest BCUT2D eigenvalue weighted by atomic mass is 35.5. The van der Waals surface area contributed by atoms with Crippen molar-refractivity contribution in [3.63, 3.8) is 0 Å². The summed E-state index contributed by atoms with van der Waals surface area (Å²) in [5.41, 5.74) is 2.68. The lowest BCUT2D eigenvalue weighted by molar-refractivity contribution is 0.210. The van der Waals surface area contributed by atoms with Gasteiger partial charge in [-0.2, -0.15) is 5.10 Å². The molecule has 0 saturated heterocycles. The molecule has 0 aliphatic heterocycles. The Balaban J connectivity index is 2.29. The van der Waals surface area contributed by atoms with Crippen LogP contribution in [-0.2, 0) is 7.05 Å². The first-order valence-corrected chi connectivity index (χ1v) is 6.55. The highest BCUT2D eigenvalue weighted by molar-refractivity contribution is 6.30. The third-order valence-electron chi connectivity index (χ3n) is 3.40. The van der Waals surface area contributed by atoms with Crippen LogP contribution in [0.4, 0.5) is 0 Å². The van der Waals surface area contributed by atoms with E-state index in [0.29, 0.717) is 5.15 Å². The topological polar surface area (TPSA) is 38.0 Å². The van der Waals surface area contributed by atoms with E-state index in [9.17, 15) is 5.11 Å². The summed E-state index contributed by atoms with van der Waals surface area (Å²) in [6.45, 7) is 1.89. The van der Waals surface area contributed by atoms with Gasteiger partial charge in [-0.25, -0.2) is 0 Å². The van der Waals surface area contributed by atoms with Gasteiger partial charge in [-0.05, 0) is 38.2 Å². The van der Waals surface area contributed by atoms with Crippen molar-refractivity contribution >= 4 is 11.6 Å². The highest BCUT2D eigenvalue weighted by Crippen LogP contribution is 2.34. The number of rotatable bonds is 2. The van der Waals surface area contributed by atoms with Crippen molar-refractivity contribution in [1.29, 1.82) is 0 Å².